The molecule has 4 rings (SSSR count). The summed E-state index contributed by atoms with van der Waals surface area (Å²) in [7, 11) is 1.67. The van der Waals surface area contributed by atoms with Gasteiger partial charge in [-0.3, -0.25) is 14.5 Å². The summed E-state index contributed by atoms with van der Waals surface area (Å²) in [5.41, 5.74) is 1.92. The fourth-order valence-electron chi connectivity index (χ4n) is 3.77. The Labute approximate surface area is 175 Å². The van der Waals surface area contributed by atoms with Gasteiger partial charge in [-0.25, -0.2) is 0 Å². The van der Waals surface area contributed by atoms with Crippen molar-refractivity contribution < 1.29 is 23.8 Å². The number of hydrogen-bond acceptors (Lipinski definition) is 7. The maximum absolute atomic E-state index is 12.6. The molecule has 0 unspecified atom stereocenters. The highest BCUT2D eigenvalue weighted by Crippen LogP contribution is 2.37. The van der Waals surface area contributed by atoms with Gasteiger partial charge in [0.25, 0.3) is 0 Å². The molecule has 30 heavy (non-hydrogen) atoms. The number of carbonyl (C=O) groups excluding carboxylic acids is 2. The van der Waals surface area contributed by atoms with Crippen LogP contribution in [0.5, 0.6) is 17.2 Å². The Bertz CT molecular complexity index is 954. The molecular formula is C22H25N3O5. The zero-order valence-electron chi connectivity index (χ0n) is 17.1. The van der Waals surface area contributed by atoms with Crippen molar-refractivity contribution >= 4 is 23.1 Å². The molecule has 1 amide bonds. The quantitative estimate of drug-likeness (QED) is 0.731. The van der Waals surface area contributed by atoms with E-state index in [1.807, 2.05) is 24.3 Å². The first-order valence-corrected chi connectivity index (χ1v) is 9.90. The van der Waals surface area contributed by atoms with E-state index < -0.39 is 0 Å². The molecule has 1 N–H and O–H groups in total. The molecule has 2 aromatic carbocycles. The first-order valence-electron chi connectivity index (χ1n) is 9.90. The normalized spacial score (nSPS) is 15.7. The van der Waals surface area contributed by atoms with Crippen LogP contribution >= 0.6 is 0 Å². The van der Waals surface area contributed by atoms with Crippen LogP contribution in [-0.4, -0.2) is 63.2 Å². The van der Waals surface area contributed by atoms with Crippen molar-refractivity contribution in [1.82, 2.24) is 4.90 Å². The molecule has 0 aliphatic carbocycles. The molecule has 1 saturated heterocycles. The van der Waals surface area contributed by atoms with Gasteiger partial charge >= 0.3 is 0 Å². The van der Waals surface area contributed by atoms with E-state index >= 15 is 0 Å². The number of nitrogens with one attached hydrogen (secondary N) is 1. The van der Waals surface area contributed by atoms with Crippen molar-refractivity contribution in [3.05, 3.63) is 42.0 Å². The van der Waals surface area contributed by atoms with Crippen LogP contribution in [0.25, 0.3) is 0 Å². The maximum Gasteiger partial charge on any atom is 0.238 e. The molecule has 0 bridgehead atoms. The smallest absolute Gasteiger partial charge is 0.238 e. The highest BCUT2D eigenvalue weighted by atomic mass is 16.7. The molecule has 0 spiro atoms. The van der Waals surface area contributed by atoms with Crippen LogP contribution in [0, 0.1) is 0 Å². The Kier molecular flexibility index (Phi) is 5.76. The van der Waals surface area contributed by atoms with Gasteiger partial charge in [0.2, 0.25) is 12.7 Å². The van der Waals surface area contributed by atoms with Gasteiger partial charge in [0, 0.05) is 37.8 Å². The summed E-state index contributed by atoms with van der Waals surface area (Å²) in [4.78, 5) is 29.0. The van der Waals surface area contributed by atoms with Crippen molar-refractivity contribution in [1.29, 1.82) is 0 Å². The fourth-order valence-corrected chi connectivity index (χ4v) is 3.77. The Morgan fingerprint density at radius 2 is 1.77 bits per heavy atom. The summed E-state index contributed by atoms with van der Waals surface area (Å²) in [5.74, 6) is 1.59. The van der Waals surface area contributed by atoms with E-state index in [9.17, 15) is 9.59 Å². The number of piperazine rings is 1. The van der Waals surface area contributed by atoms with Crippen molar-refractivity contribution in [3.8, 4) is 17.2 Å². The Hall–Kier alpha value is -3.26. The second-order valence-electron chi connectivity index (χ2n) is 7.29. The van der Waals surface area contributed by atoms with Crippen LogP contribution in [0.2, 0.25) is 0 Å². The molecule has 0 saturated carbocycles. The van der Waals surface area contributed by atoms with Gasteiger partial charge in [-0.15, -0.1) is 0 Å². The predicted molar refractivity (Wildman–Crippen MR) is 113 cm³/mol. The number of ketones is 1. The number of benzene rings is 2. The van der Waals surface area contributed by atoms with E-state index in [0.29, 0.717) is 22.7 Å². The molecule has 8 heteroatoms. The van der Waals surface area contributed by atoms with Crippen molar-refractivity contribution in [2.75, 3.05) is 56.8 Å². The first-order chi connectivity index (χ1) is 14.5. The molecule has 2 heterocycles. The van der Waals surface area contributed by atoms with Gasteiger partial charge in [0.1, 0.15) is 5.75 Å². The number of methoxy groups -OCH3 is 1. The number of rotatable bonds is 6. The third-order valence-electron chi connectivity index (χ3n) is 5.33. The Morgan fingerprint density at radius 3 is 2.47 bits per heavy atom. The van der Waals surface area contributed by atoms with E-state index in [2.05, 4.69) is 15.1 Å². The minimum Gasteiger partial charge on any atom is -0.495 e. The molecule has 1 fully saturated rings. The number of ether oxygens (including phenoxy) is 3. The molecule has 2 aliphatic heterocycles. The molecule has 0 atom stereocenters. The lowest BCUT2D eigenvalue weighted by molar-refractivity contribution is -0.117. The Morgan fingerprint density at radius 1 is 1.07 bits per heavy atom. The molecule has 8 nitrogen and oxygen atoms in total. The largest absolute Gasteiger partial charge is 0.495 e. The number of nitrogens with zero attached hydrogens (tertiary/aromatic N) is 2. The maximum atomic E-state index is 12.6. The van der Waals surface area contributed by atoms with Crippen molar-refractivity contribution in [2.24, 2.45) is 0 Å². The van der Waals surface area contributed by atoms with E-state index in [0.717, 1.165) is 37.6 Å². The number of carbonyl (C=O) groups is 2. The van der Waals surface area contributed by atoms with Crippen molar-refractivity contribution in [2.45, 2.75) is 6.92 Å². The minimum absolute atomic E-state index is 0.112. The SMILES string of the molecule is COc1ccccc1N1CCN(CC(=O)Nc2cc3c(cc2C(C)=O)OCO3)CC1. The van der Waals surface area contributed by atoms with Crippen LogP contribution in [-0.2, 0) is 4.79 Å². The lowest BCUT2D eigenvalue weighted by atomic mass is 10.1. The van der Waals surface area contributed by atoms with E-state index in [1.54, 1.807) is 19.2 Å². The lowest BCUT2D eigenvalue weighted by Crippen LogP contribution is -2.48. The highest BCUT2D eigenvalue weighted by molar-refractivity contribution is 6.05. The van der Waals surface area contributed by atoms with Crippen LogP contribution < -0.4 is 24.4 Å². The number of para-hydroxylation sites is 2. The third kappa shape index (κ3) is 4.18. The van der Waals surface area contributed by atoms with Crippen molar-refractivity contribution in [3.63, 3.8) is 0 Å². The molecule has 2 aromatic rings. The van der Waals surface area contributed by atoms with Gasteiger partial charge < -0.3 is 24.4 Å². The molecule has 158 valence electrons. The van der Waals surface area contributed by atoms with Crippen LogP contribution in [0.4, 0.5) is 11.4 Å². The monoisotopic (exact) mass is 411 g/mol. The highest BCUT2D eigenvalue weighted by Gasteiger charge is 2.23. The summed E-state index contributed by atoms with van der Waals surface area (Å²) in [6.45, 7) is 4.95. The molecule has 0 aromatic heterocycles. The minimum atomic E-state index is -0.165. The number of hydrogen-bond donors (Lipinski definition) is 1. The van der Waals surface area contributed by atoms with Crippen LogP contribution in [0.15, 0.2) is 36.4 Å². The van der Waals surface area contributed by atoms with Gasteiger partial charge in [-0.2, -0.15) is 0 Å². The van der Waals surface area contributed by atoms with E-state index in [1.165, 1.54) is 6.92 Å². The summed E-state index contributed by atoms with van der Waals surface area (Å²) in [6.07, 6.45) is 0. The standard InChI is InChI=1S/C22H25N3O5/c1-15(26)16-11-20-21(30-14-29-20)12-17(16)23-22(27)13-24-7-9-25(10-8-24)18-5-3-4-6-19(18)28-2/h3-6,11-12H,7-10,13-14H2,1-2H3,(H,23,27). The van der Waals surface area contributed by atoms with Gasteiger partial charge in [-0.05, 0) is 25.1 Å². The zero-order valence-corrected chi connectivity index (χ0v) is 17.1. The van der Waals surface area contributed by atoms with E-state index in [4.69, 9.17) is 14.2 Å². The van der Waals surface area contributed by atoms with Gasteiger partial charge in [-0.1, -0.05) is 12.1 Å². The second-order valence-corrected chi connectivity index (χ2v) is 7.29. The van der Waals surface area contributed by atoms with Gasteiger partial charge in [0.15, 0.2) is 17.3 Å². The number of amides is 1. The fraction of sp³-hybridized carbons (Fsp3) is 0.364. The lowest BCUT2D eigenvalue weighted by Gasteiger charge is -2.36. The first kappa shape index (κ1) is 20.0. The molecule has 2 aliphatic rings. The topological polar surface area (TPSA) is 80.3 Å². The zero-order chi connectivity index (χ0) is 21.1. The van der Waals surface area contributed by atoms with Gasteiger partial charge in [0.05, 0.1) is 25.0 Å². The van der Waals surface area contributed by atoms with E-state index in [-0.39, 0.29) is 25.0 Å². The van der Waals surface area contributed by atoms with Crippen LogP contribution in [0.1, 0.15) is 17.3 Å². The second kappa shape index (κ2) is 8.62. The summed E-state index contributed by atoms with van der Waals surface area (Å²) >= 11 is 0. The number of Topliss-reactive ketones (excluding diaryl/α,β-unsaturated/α-hetero) is 1. The number of anilines is 2. The number of fused-ring (bicyclic) bond motifs is 1. The van der Waals surface area contributed by atoms with Crippen LogP contribution in [0.3, 0.4) is 0 Å². The summed E-state index contributed by atoms with van der Waals surface area (Å²) < 4.78 is 16.1. The molecular weight excluding hydrogens is 386 g/mol. The predicted octanol–water partition coefficient (Wildman–Crippen LogP) is 2.39. The average molecular weight is 411 g/mol. The molecule has 0 radical (unpaired) electrons. The third-order valence-corrected chi connectivity index (χ3v) is 5.33. The average Bonchev–Trinajstić information content (AvgIpc) is 3.21. The summed E-state index contributed by atoms with van der Waals surface area (Å²) in [6, 6.07) is 11.2. The summed E-state index contributed by atoms with van der Waals surface area (Å²) in [5, 5.41) is 2.86. The Balaban J connectivity index is 1.36.